The van der Waals surface area contributed by atoms with Gasteiger partial charge >= 0.3 is 6.18 Å². The van der Waals surface area contributed by atoms with E-state index in [0.717, 1.165) is 0 Å². The van der Waals surface area contributed by atoms with Gasteiger partial charge in [0.05, 0.1) is 26.4 Å². The van der Waals surface area contributed by atoms with E-state index < -0.39 is 30.3 Å². The van der Waals surface area contributed by atoms with E-state index in [2.05, 4.69) is 15.7 Å². The Labute approximate surface area is 210 Å². The first kappa shape index (κ1) is 25.6. The summed E-state index contributed by atoms with van der Waals surface area (Å²) in [4.78, 5) is 12.9. The fourth-order valence-electron chi connectivity index (χ4n) is 4.06. The van der Waals surface area contributed by atoms with Gasteiger partial charge in [0.25, 0.3) is 5.91 Å². The quantitative estimate of drug-likeness (QED) is 0.393. The Bertz CT molecular complexity index is 1260. The number of hydrogen-bond donors (Lipinski definition) is 3. The molecule has 0 bridgehead atoms. The van der Waals surface area contributed by atoms with E-state index >= 15 is 0 Å². The number of aliphatic hydroxyl groups excluding tert-OH is 1. The van der Waals surface area contributed by atoms with Gasteiger partial charge in [-0.25, -0.2) is 4.68 Å². The molecule has 3 atom stereocenters. The highest BCUT2D eigenvalue weighted by Crippen LogP contribution is 2.47. The van der Waals surface area contributed by atoms with Crippen molar-refractivity contribution in [3.8, 4) is 11.5 Å². The zero-order valence-corrected chi connectivity index (χ0v) is 20.3. The van der Waals surface area contributed by atoms with Crippen molar-refractivity contribution in [3.63, 3.8) is 0 Å². The number of aromatic nitrogens is 2. The van der Waals surface area contributed by atoms with Gasteiger partial charge in [-0.1, -0.05) is 29.8 Å². The highest BCUT2D eigenvalue weighted by atomic mass is 35.5. The summed E-state index contributed by atoms with van der Waals surface area (Å²) in [5.74, 6) is -0.0723. The van der Waals surface area contributed by atoms with Gasteiger partial charge in [-0.3, -0.25) is 4.79 Å². The Kier molecular flexibility index (Phi) is 7.05. The molecule has 0 spiro atoms. The van der Waals surface area contributed by atoms with Gasteiger partial charge in [0.15, 0.2) is 23.2 Å². The van der Waals surface area contributed by atoms with Crippen molar-refractivity contribution in [1.29, 1.82) is 0 Å². The molecule has 1 aliphatic heterocycles. The van der Waals surface area contributed by atoms with E-state index in [1.165, 1.54) is 14.2 Å². The maximum Gasteiger partial charge on any atom is 0.410 e. The smallest absolute Gasteiger partial charge is 0.410 e. The number of nitrogens with one attached hydrogen (secondary N) is 2. The predicted molar refractivity (Wildman–Crippen MR) is 128 cm³/mol. The summed E-state index contributed by atoms with van der Waals surface area (Å²) in [6, 6.07) is 8.39. The molecule has 1 amide bonds. The average Bonchev–Trinajstić information content (AvgIpc) is 3.19. The number of amides is 1. The molecular weight excluding hydrogens is 501 g/mol. The number of anilines is 2. The third-order valence-corrected chi connectivity index (χ3v) is 6.33. The Morgan fingerprint density at radius 1 is 1.19 bits per heavy atom. The number of methoxy groups -OCH3 is 2. The molecule has 36 heavy (non-hydrogen) atoms. The number of hydrogen-bond acceptors (Lipinski definition) is 6. The summed E-state index contributed by atoms with van der Waals surface area (Å²) in [6.45, 7) is 1.60. The van der Waals surface area contributed by atoms with Gasteiger partial charge in [-0.05, 0) is 42.3 Å². The number of carbonyl (C=O) groups excluding carboxylic acids is 1. The first-order valence-corrected chi connectivity index (χ1v) is 11.3. The number of carbonyl (C=O) groups is 1. The van der Waals surface area contributed by atoms with Crippen molar-refractivity contribution in [2.75, 3.05) is 24.9 Å². The number of fused-ring (bicyclic) bond motifs is 1. The third kappa shape index (κ3) is 4.93. The lowest BCUT2D eigenvalue weighted by molar-refractivity contribution is -0.173. The van der Waals surface area contributed by atoms with Gasteiger partial charge in [-0.15, -0.1) is 0 Å². The van der Waals surface area contributed by atoms with Crippen LogP contribution in [0.25, 0.3) is 0 Å². The number of benzene rings is 2. The van der Waals surface area contributed by atoms with E-state index in [1.807, 2.05) is 0 Å². The average molecular weight is 525 g/mol. The molecule has 8 nitrogen and oxygen atoms in total. The van der Waals surface area contributed by atoms with Gasteiger partial charge in [0, 0.05) is 12.1 Å². The van der Waals surface area contributed by atoms with E-state index in [0.29, 0.717) is 33.0 Å². The van der Waals surface area contributed by atoms with E-state index in [4.69, 9.17) is 21.1 Å². The lowest BCUT2D eigenvalue weighted by Gasteiger charge is -2.33. The van der Waals surface area contributed by atoms with Gasteiger partial charge < -0.3 is 25.2 Å². The van der Waals surface area contributed by atoms with Crippen LogP contribution < -0.4 is 20.1 Å². The minimum atomic E-state index is -4.65. The molecule has 0 saturated carbocycles. The standard InChI is InChI=1S/C24H24ClF3N4O4/c1-12(33)13-4-7-15(8-5-13)29-23(34)21-20(25)22-30-16(11-19(24(26,27)28)32(22)31-21)14-6-9-17(35-2)18(10-14)36-3/h4-10,12,16,19,30,33H,11H2,1-3H3,(H,29,34)/t12-,16+,19+/m0/s1. The van der Waals surface area contributed by atoms with Crippen LogP contribution in [0.3, 0.4) is 0 Å². The van der Waals surface area contributed by atoms with Crippen LogP contribution in [0.2, 0.25) is 5.02 Å². The SMILES string of the molecule is COc1ccc([C@H]2C[C@H](C(F)(F)F)n3nc(C(=O)Nc4ccc([C@H](C)O)cc4)c(Cl)c3N2)cc1OC. The monoisotopic (exact) mass is 524 g/mol. The molecule has 2 aromatic carbocycles. The Morgan fingerprint density at radius 3 is 2.44 bits per heavy atom. The van der Waals surface area contributed by atoms with Crippen molar-refractivity contribution in [1.82, 2.24) is 9.78 Å². The van der Waals surface area contributed by atoms with Crippen LogP contribution in [0.1, 0.15) is 53.1 Å². The molecule has 0 saturated heterocycles. The fraction of sp³-hybridized carbons (Fsp3) is 0.333. The van der Waals surface area contributed by atoms with Crippen LogP contribution in [0.15, 0.2) is 42.5 Å². The summed E-state index contributed by atoms with van der Waals surface area (Å²) in [5, 5.41) is 18.9. The van der Waals surface area contributed by atoms with E-state index in [9.17, 15) is 23.1 Å². The van der Waals surface area contributed by atoms with Crippen LogP contribution in [0, 0.1) is 0 Å². The van der Waals surface area contributed by atoms with Crippen molar-refractivity contribution in [2.24, 2.45) is 0 Å². The molecule has 3 aromatic rings. The Hall–Kier alpha value is -3.44. The van der Waals surface area contributed by atoms with Gasteiger partial charge in [0.1, 0.15) is 10.8 Å². The minimum absolute atomic E-state index is 0.111. The predicted octanol–water partition coefficient (Wildman–Crippen LogP) is 5.52. The Balaban J connectivity index is 1.66. The van der Waals surface area contributed by atoms with Crippen molar-refractivity contribution in [3.05, 3.63) is 64.3 Å². The van der Waals surface area contributed by atoms with Crippen LogP contribution >= 0.6 is 11.6 Å². The van der Waals surface area contributed by atoms with Crippen molar-refractivity contribution < 1.29 is 32.5 Å². The second-order valence-electron chi connectivity index (χ2n) is 8.31. The normalized spacial score (nSPS) is 18.1. The molecule has 192 valence electrons. The number of halogens is 4. The first-order valence-electron chi connectivity index (χ1n) is 11.0. The minimum Gasteiger partial charge on any atom is -0.493 e. The zero-order chi connectivity index (χ0) is 26.2. The fourth-order valence-corrected chi connectivity index (χ4v) is 4.32. The molecule has 0 fully saturated rings. The number of rotatable bonds is 6. The molecule has 0 aliphatic carbocycles. The van der Waals surface area contributed by atoms with E-state index in [-0.39, 0.29) is 23.0 Å². The molecule has 1 aromatic heterocycles. The highest BCUT2D eigenvalue weighted by Gasteiger charge is 2.48. The maximum absolute atomic E-state index is 14.1. The molecule has 0 unspecified atom stereocenters. The zero-order valence-electron chi connectivity index (χ0n) is 19.6. The summed E-state index contributed by atoms with van der Waals surface area (Å²) >= 11 is 6.39. The summed E-state index contributed by atoms with van der Waals surface area (Å²) in [6.07, 6.45) is -5.72. The topological polar surface area (TPSA) is 97.6 Å². The second-order valence-corrected chi connectivity index (χ2v) is 8.69. The van der Waals surface area contributed by atoms with Crippen molar-refractivity contribution in [2.45, 2.75) is 37.7 Å². The molecule has 2 heterocycles. The number of ether oxygens (including phenoxy) is 2. The summed E-state index contributed by atoms with van der Waals surface area (Å²) < 4.78 is 53.4. The van der Waals surface area contributed by atoms with Crippen molar-refractivity contribution >= 4 is 29.0 Å². The second kappa shape index (κ2) is 9.90. The number of nitrogens with zero attached hydrogens (tertiary/aromatic N) is 2. The lowest BCUT2D eigenvalue weighted by atomic mass is 9.96. The molecular formula is C24H24ClF3N4O4. The first-order chi connectivity index (χ1) is 17.0. The third-order valence-electron chi connectivity index (χ3n) is 5.97. The van der Waals surface area contributed by atoms with Gasteiger partial charge in [0.2, 0.25) is 0 Å². The molecule has 4 rings (SSSR count). The van der Waals surface area contributed by atoms with Crippen LogP contribution in [-0.2, 0) is 0 Å². The number of aliphatic hydroxyl groups is 1. The summed E-state index contributed by atoms with van der Waals surface area (Å²) in [7, 11) is 2.89. The molecule has 3 N–H and O–H groups in total. The van der Waals surface area contributed by atoms with Crippen LogP contribution in [0.4, 0.5) is 24.7 Å². The van der Waals surface area contributed by atoms with Gasteiger partial charge in [-0.2, -0.15) is 18.3 Å². The molecule has 1 aliphatic rings. The Morgan fingerprint density at radius 2 is 1.86 bits per heavy atom. The number of alkyl halides is 3. The van der Waals surface area contributed by atoms with Crippen LogP contribution in [0.5, 0.6) is 11.5 Å². The molecule has 12 heteroatoms. The van der Waals surface area contributed by atoms with E-state index in [1.54, 1.807) is 49.4 Å². The summed E-state index contributed by atoms with van der Waals surface area (Å²) in [5.41, 5.74) is 1.19. The highest BCUT2D eigenvalue weighted by molar-refractivity contribution is 6.36. The molecule has 0 radical (unpaired) electrons. The largest absolute Gasteiger partial charge is 0.493 e. The van der Waals surface area contributed by atoms with Crippen LogP contribution in [-0.4, -0.2) is 41.2 Å². The lowest BCUT2D eigenvalue weighted by Crippen LogP contribution is -2.35. The maximum atomic E-state index is 14.1.